The van der Waals surface area contributed by atoms with Gasteiger partial charge in [-0.3, -0.25) is 9.13 Å². The molecule has 10 unspecified atom stereocenters. The van der Waals surface area contributed by atoms with Crippen LogP contribution in [0.2, 0.25) is 0 Å². The highest BCUT2D eigenvalue weighted by molar-refractivity contribution is 7.54. The number of aliphatic hydroxyl groups excluding tert-OH is 1. The Balaban J connectivity index is 0.000000268. The van der Waals surface area contributed by atoms with Crippen molar-refractivity contribution in [3.63, 3.8) is 0 Å². The smallest absolute Gasteiger partial charge is 0.338 e. The van der Waals surface area contributed by atoms with E-state index in [4.69, 9.17) is 14.3 Å². The van der Waals surface area contributed by atoms with Crippen LogP contribution in [0.25, 0.3) is 0 Å². The number of carbonyl (C=O) groups is 3. The van der Waals surface area contributed by atoms with Gasteiger partial charge in [0.2, 0.25) is 0 Å². The number of hydrogen-bond acceptors (Lipinski definition) is 8. The van der Waals surface area contributed by atoms with Gasteiger partial charge in [-0.2, -0.15) is 0 Å². The highest BCUT2D eigenvalue weighted by atomic mass is 31.2. The van der Waals surface area contributed by atoms with Crippen molar-refractivity contribution in [1.29, 1.82) is 0 Å². The van der Waals surface area contributed by atoms with Crippen LogP contribution in [0.5, 0.6) is 0 Å². The van der Waals surface area contributed by atoms with E-state index in [0.717, 1.165) is 0 Å². The van der Waals surface area contributed by atoms with Crippen LogP contribution in [0.4, 0.5) is 0 Å². The van der Waals surface area contributed by atoms with Crippen LogP contribution in [-0.2, 0) is 23.5 Å². The van der Waals surface area contributed by atoms with E-state index in [2.05, 4.69) is 0 Å². The monoisotopic (exact) mass is 606 g/mol. The quantitative estimate of drug-likeness (QED) is 0.215. The van der Waals surface area contributed by atoms with Gasteiger partial charge in [-0.1, -0.05) is 39.0 Å². The van der Waals surface area contributed by atoms with Crippen molar-refractivity contribution >= 4 is 34.7 Å². The lowest BCUT2D eigenvalue weighted by Gasteiger charge is -2.38. The van der Waals surface area contributed by atoms with E-state index in [-0.39, 0.29) is 29.6 Å². The van der Waals surface area contributed by atoms with Crippen LogP contribution >= 0.6 is 15.2 Å². The first-order valence-electron chi connectivity index (χ1n) is 12.7. The number of esters is 1. The Hall–Kier alpha value is -1.75. The zero-order chi connectivity index (χ0) is 31.3. The Labute approximate surface area is 233 Å². The third-order valence-corrected chi connectivity index (χ3v) is 14.0. The fourth-order valence-corrected chi connectivity index (χ4v) is 10.7. The Morgan fingerprint density at radius 3 is 1.62 bits per heavy atom. The van der Waals surface area contributed by atoms with E-state index in [1.807, 2.05) is 26.6 Å². The van der Waals surface area contributed by atoms with Crippen LogP contribution in [0.1, 0.15) is 57.8 Å². The molecule has 1 aromatic rings. The molecule has 4 aliphatic rings. The molecular formula is C26H40O12P2. The van der Waals surface area contributed by atoms with Gasteiger partial charge in [-0.25, -0.2) is 4.79 Å². The first-order valence-corrected chi connectivity index (χ1v) is 15.9. The van der Waals surface area contributed by atoms with E-state index in [9.17, 15) is 43.7 Å². The maximum Gasteiger partial charge on any atom is 0.338 e. The van der Waals surface area contributed by atoms with E-state index in [1.165, 1.54) is 6.92 Å². The molecule has 0 heterocycles. The second-order valence-corrected chi connectivity index (χ2v) is 15.4. The Morgan fingerprint density at radius 1 is 0.850 bits per heavy atom. The zero-order valence-corrected chi connectivity index (χ0v) is 25.0. The van der Waals surface area contributed by atoms with E-state index in [0.29, 0.717) is 18.4 Å². The number of rotatable bonds is 4. The lowest BCUT2D eigenvalue weighted by molar-refractivity contribution is -0.0987. The normalized spacial score (nSPS) is 42.3. The van der Waals surface area contributed by atoms with Gasteiger partial charge in [-0.05, 0) is 56.6 Å². The number of hydrogen-bond donors (Lipinski definition) is 6. The third kappa shape index (κ3) is 4.96. The molecular weight excluding hydrogens is 566 g/mol. The van der Waals surface area contributed by atoms with Gasteiger partial charge in [0.15, 0.2) is 0 Å². The van der Waals surface area contributed by atoms with Crippen LogP contribution in [0, 0.1) is 29.6 Å². The molecule has 5 rings (SSSR count). The molecule has 6 N–H and O–H groups in total. The summed E-state index contributed by atoms with van der Waals surface area (Å²) in [6.07, 6.45) is -0.496. The molecule has 12 nitrogen and oxygen atoms in total. The van der Waals surface area contributed by atoms with Crippen molar-refractivity contribution in [3.8, 4) is 0 Å². The number of aliphatic hydroxyl groups is 2. The largest absolute Gasteiger partial charge is 0.455 e. The molecule has 1 aromatic carbocycles. The van der Waals surface area contributed by atoms with Gasteiger partial charge < -0.3 is 44.1 Å². The Morgan fingerprint density at radius 2 is 1.27 bits per heavy atom. The molecule has 4 aliphatic carbocycles. The fraction of sp³-hybridized carbons (Fsp3) is 0.654. The van der Waals surface area contributed by atoms with E-state index in [1.54, 1.807) is 45.0 Å². The minimum absolute atomic E-state index is 0.0808. The maximum atomic E-state index is 12.4. The SMILES string of the molecule is C=O.C=O.CC1C2CC2(P(=O)(O)O)C(C)C1(C)OC(=O)c1ccccc1.CC1C2CC2(P(=O)(O)O)C(O)C1(C)O. The van der Waals surface area contributed by atoms with Gasteiger partial charge in [0.05, 0.1) is 22.4 Å². The van der Waals surface area contributed by atoms with Crippen LogP contribution in [-0.4, -0.2) is 77.0 Å². The minimum Gasteiger partial charge on any atom is -0.455 e. The zero-order valence-electron chi connectivity index (χ0n) is 23.2. The van der Waals surface area contributed by atoms with Crippen molar-refractivity contribution in [2.24, 2.45) is 29.6 Å². The molecule has 226 valence electrons. The van der Waals surface area contributed by atoms with Crippen LogP contribution in [0.3, 0.4) is 0 Å². The molecule has 0 amide bonds. The lowest BCUT2D eigenvalue weighted by atomic mass is 9.82. The van der Waals surface area contributed by atoms with Crippen molar-refractivity contribution in [1.82, 2.24) is 0 Å². The van der Waals surface area contributed by atoms with Crippen molar-refractivity contribution in [3.05, 3.63) is 35.9 Å². The Kier molecular flexibility index (Phi) is 9.61. The molecule has 10 atom stereocenters. The predicted octanol–water partition coefficient (Wildman–Crippen LogP) is 2.14. The molecule has 4 saturated carbocycles. The van der Waals surface area contributed by atoms with Gasteiger partial charge in [-0.15, -0.1) is 0 Å². The maximum absolute atomic E-state index is 12.4. The van der Waals surface area contributed by atoms with Crippen molar-refractivity contribution in [2.45, 2.75) is 75.1 Å². The molecule has 14 heteroatoms. The first kappa shape index (κ1) is 34.5. The van der Waals surface area contributed by atoms with Gasteiger partial charge >= 0.3 is 21.2 Å². The fourth-order valence-electron chi connectivity index (χ4n) is 7.17. The molecule has 0 bridgehead atoms. The van der Waals surface area contributed by atoms with E-state index < -0.39 is 48.8 Å². The molecule has 0 saturated heterocycles. The molecule has 4 fully saturated rings. The summed E-state index contributed by atoms with van der Waals surface area (Å²) >= 11 is 0. The molecule has 0 aliphatic heterocycles. The topological polar surface area (TPSA) is 216 Å². The van der Waals surface area contributed by atoms with Gasteiger partial charge in [0.25, 0.3) is 0 Å². The lowest BCUT2D eigenvalue weighted by Crippen LogP contribution is -2.46. The summed E-state index contributed by atoms with van der Waals surface area (Å²) in [5.74, 6) is -1.52. The summed E-state index contributed by atoms with van der Waals surface area (Å²) < 4.78 is 29.0. The Bertz CT molecular complexity index is 1180. The summed E-state index contributed by atoms with van der Waals surface area (Å²) in [6, 6.07) is 8.69. The number of fused-ring (bicyclic) bond motifs is 2. The summed E-state index contributed by atoms with van der Waals surface area (Å²) in [5.41, 5.74) is -1.80. The molecule has 0 spiro atoms. The summed E-state index contributed by atoms with van der Waals surface area (Å²) in [4.78, 5) is 66.2. The average Bonchev–Trinajstić information content (AvgIpc) is 3.80. The standard InChI is InChI=1S/C16H21O5P.C8H15O5P.2CH2O/c1-10-13-9-16(13,22(18,19)20)11(2)15(10,3)21-14(17)12-7-5-4-6-8-12;1-4-5-3-8(5,14(11,12)13)6(9)7(4,2)10;2*1-2/h4-8,10-11,13H,9H2,1-3H3,(H2,18,19,20);4-6,9-10H,3H2,1-2H3,(H2,11,12,13);2*1H2. The van der Waals surface area contributed by atoms with Crippen LogP contribution < -0.4 is 0 Å². The summed E-state index contributed by atoms with van der Waals surface area (Å²) in [6.45, 7) is 12.7. The van der Waals surface area contributed by atoms with Gasteiger partial charge in [0.1, 0.15) is 24.3 Å². The number of carbonyl (C=O) groups excluding carboxylic acids is 3. The summed E-state index contributed by atoms with van der Waals surface area (Å²) in [7, 11) is -8.57. The first-order chi connectivity index (χ1) is 18.3. The van der Waals surface area contributed by atoms with Crippen LogP contribution in [0.15, 0.2) is 30.3 Å². The van der Waals surface area contributed by atoms with Crippen molar-refractivity contribution in [2.75, 3.05) is 0 Å². The summed E-state index contributed by atoms with van der Waals surface area (Å²) in [5, 5.41) is 17.3. The number of ether oxygens (including phenoxy) is 1. The molecule has 0 radical (unpaired) electrons. The second-order valence-electron chi connectivity index (χ2n) is 11.6. The average molecular weight is 607 g/mol. The highest BCUT2D eigenvalue weighted by Gasteiger charge is 2.81. The molecule has 40 heavy (non-hydrogen) atoms. The molecule has 0 aromatic heterocycles. The van der Waals surface area contributed by atoms with E-state index >= 15 is 0 Å². The predicted molar refractivity (Wildman–Crippen MR) is 144 cm³/mol. The minimum atomic E-state index is -4.33. The second kappa shape index (κ2) is 11.2. The van der Waals surface area contributed by atoms with Gasteiger partial charge in [0, 0.05) is 11.8 Å². The highest BCUT2D eigenvalue weighted by Crippen LogP contribution is 2.81. The third-order valence-electron chi connectivity index (χ3n) is 10.1. The number of benzene rings is 1. The van der Waals surface area contributed by atoms with Crippen molar-refractivity contribution < 1.29 is 58.0 Å².